The molecule has 0 unspecified atom stereocenters. The first-order valence-corrected chi connectivity index (χ1v) is 8.06. The Morgan fingerprint density at radius 2 is 2.09 bits per heavy atom. The normalized spacial score (nSPS) is 10.6. The van der Waals surface area contributed by atoms with Crippen molar-refractivity contribution < 1.29 is 9.53 Å². The van der Waals surface area contributed by atoms with Gasteiger partial charge in [-0.05, 0) is 32.9 Å². The lowest BCUT2D eigenvalue weighted by molar-refractivity contribution is -0.113. The summed E-state index contributed by atoms with van der Waals surface area (Å²) in [7, 11) is 0. The van der Waals surface area contributed by atoms with Gasteiger partial charge >= 0.3 is 0 Å². The zero-order valence-corrected chi connectivity index (χ0v) is 13.9. The Hall–Kier alpha value is -2.35. The highest BCUT2D eigenvalue weighted by Gasteiger charge is 2.10. The van der Waals surface area contributed by atoms with Gasteiger partial charge in [0, 0.05) is 0 Å². The molecular formula is C15H18N4O3S. The Kier molecular flexibility index (Phi) is 5.75. The molecule has 0 radical (unpaired) electrons. The van der Waals surface area contributed by atoms with Crippen LogP contribution >= 0.6 is 11.8 Å². The van der Waals surface area contributed by atoms with Crippen molar-refractivity contribution in [2.45, 2.75) is 32.0 Å². The molecule has 2 rings (SSSR count). The van der Waals surface area contributed by atoms with Crippen LogP contribution in [0, 0.1) is 6.92 Å². The third-order valence-corrected chi connectivity index (χ3v) is 3.57. The fourth-order valence-electron chi connectivity index (χ4n) is 1.69. The van der Waals surface area contributed by atoms with Gasteiger partial charge in [0.25, 0.3) is 5.56 Å². The molecule has 23 heavy (non-hydrogen) atoms. The third kappa shape index (κ3) is 5.10. The highest BCUT2D eigenvalue weighted by atomic mass is 32.2. The largest absolute Gasteiger partial charge is 0.489 e. The summed E-state index contributed by atoms with van der Waals surface area (Å²) in [6.07, 6.45) is 0.00957. The van der Waals surface area contributed by atoms with Crippen molar-refractivity contribution in [3.8, 4) is 5.75 Å². The first kappa shape index (κ1) is 17.0. The molecule has 0 bridgehead atoms. The highest BCUT2D eigenvalue weighted by molar-refractivity contribution is 7.99. The minimum absolute atomic E-state index is 0.00957. The summed E-state index contributed by atoms with van der Waals surface area (Å²) in [6, 6.07) is 7.23. The number of carbonyl (C=O) groups excluding carboxylic acids is 1. The molecule has 0 aliphatic rings. The Morgan fingerprint density at radius 1 is 1.35 bits per heavy atom. The van der Waals surface area contributed by atoms with Crippen molar-refractivity contribution in [2.24, 2.45) is 0 Å². The number of rotatable bonds is 6. The van der Waals surface area contributed by atoms with Crippen LogP contribution in [0.25, 0.3) is 0 Å². The summed E-state index contributed by atoms with van der Waals surface area (Å²) < 4.78 is 5.65. The Balaban J connectivity index is 1.97. The van der Waals surface area contributed by atoms with Crippen LogP contribution in [-0.2, 0) is 4.79 Å². The fourth-order valence-corrected chi connectivity index (χ4v) is 2.29. The van der Waals surface area contributed by atoms with Crippen molar-refractivity contribution in [3.05, 3.63) is 40.3 Å². The van der Waals surface area contributed by atoms with Gasteiger partial charge in [0.05, 0.1) is 17.5 Å². The van der Waals surface area contributed by atoms with E-state index in [2.05, 4.69) is 20.5 Å². The molecular weight excluding hydrogens is 316 g/mol. The lowest BCUT2D eigenvalue weighted by Gasteiger charge is -2.14. The van der Waals surface area contributed by atoms with Crippen LogP contribution in [0.4, 0.5) is 5.69 Å². The molecule has 1 aromatic carbocycles. The molecule has 2 aromatic rings. The summed E-state index contributed by atoms with van der Waals surface area (Å²) in [5.74, 6) is 0.492. The minimum atomic E-state index is -0.307. The van der Waals surface area contributed by atoms with Gasteiger partial charge in [-0.15, -0.1) is 10.2 Å². The molecule has 0 atom stereocenters. The topological polar surface area (TPSA) is 97.0 Å². The quantitative estimate of drug-likeness (QED) is 0.784. The number of thioether (sulfide) groups is 1. The number of nitrogens with one attached hydrogen (secondary N) is 2. The first-order valence-electron chi connectivity index (χ1n) is 7.07. The van der Waals surface area contributed by atoms with E-state index in [0.29, 0.717) is 22.3 Å². The first-order chi connectivity index (χ1) is 11.0. The standard InChI is InChI=1S/C15H18N4O3S/c1-9(2)22-12-7-5-4-6-11(12)16-13(20)8-23-15-17-14(21)10(3)18-19-15/h4-7,9H,8H2,1-3H3,(H,16,20)(H,17,19,21). The number of amides is 1. The number of para-hydroxylation sites is 2. The average Bonchev–Trinajstić information content (AvgIpc) is 2.50. The molecule has 1 heterocycles. The Labute approximate surface area is 137 Å². The van der Waals surface area contributed by atoms with Crippen molar-refractivity contribution >= 4 is 23.4 Å². The monoisotopic (exact) mass is 334 g/mol. The number of ether oxygens (including phenoxy) is 1. The molecule has 1 aromatic heterocycles. The maximum Gasteiger partial charge on any atom is 0.273 e. The van der Waals surface area contributed by atoms with Gasteiger partial charge in [0.15, 0.2) is 5.16 Å². The third-order valence-electron chi connectivity index (χ3n) is 2.70. The van der Waals surface area contributed by atoms with Gasteiger partial charge in [-0.3, -0.25) is 14.6 Å². The predicted molar refractivity (Wildman–Crippen MR) is 88.9 cm³/mol. The number of aromatic nitrogens is 3. The summed E-state index contributed by atoms with van der Waals surface area (Å²) >= 11 is 1.11. The number of aromatic amines is 1. The Morgan fingerprint density at radius 3 is 2.78 bits per heavy atom. The molecule has 0 aliphatic heterocycles. The second kappa shape index (κ2) is 7.77. The number of hydrogen-bond acceptors (Lipinski definition) is 6. The SMILES string of the molecule is Cc1nnc(SCC(=O)Nc2ccccc2OC(C)C)[nH]c1=O. The van der Waals surface area contributed by atoms with Gasteiger partial charge in [-0.1, -0.05) is 23.9 Å². The molecule has 0 fully saturated rings. The van der Waals surface area contributed by atoms with Crippen molar-refractivity contribution in [1.82, 2.24) is 15.2 Å². The summed E-state index contributed by atoms with van der Waals surface area (Å²) in [6.45, 7) is 5.40. The summed E-state index contributed by atoms with van der Waals surface area (Å²) in [4.78, 5) is 26.0. The van der Waals surface area contributed by atoms with Crippen LogP contribution in [0.15, 0.2) is 34.2 Å². The molecule has 1 amide bonds. The van der Waals surface area contributed by atoms with E-state index in [1.54, 1.807) is 19.1 Å². The van der Waals surface area contributed by atoms with Crippen LogP contribution < -0.4 is 15.6 Å². The molecule has 0 spiro atoms. The van der Waals surface area contributed by atoms with Gasteiger partial charge in [-0.25, -0.2) is 0 Å². The lowest BCUT2D eigenvalue weighted by Crippen LogP contribution is -2.18. The zero-order valence-electron chi connectivity index (χ0n) is 13.1. The van der Waals surface area contributed by atoms with Crippen molar-refractivity contribution in [1.29, 1.82) is 0 Å². The number of H-pyrrole nitrogens is 1. The van der Waals surface area contributed by atoms with E-state index in [4.69, 9.17) is 4.74 Å². The maximum absolute atomic E-state index is 12.0. The average molecular weight is 334 g/mol. The highest BCUT2D eigenvalue weighted by Crippen LogP contribution is 2.25. The number of benzene rings is 1. The van der Waals surface area contributed by atoms with Crippen LogP contribution in [0.2, 0.25) is 0 Å². The van der Waals surface area contributed by atoms with E-state index in [0.717, 1.165) is 11.8 Å². The Bertz CT molecular complexity index is 745. The van der Waals surface area contributed by atoms with Gasteiger partial charge in [0.2, 0.25) is 5.91 Å². The van der Waals surface area contributed by atoms with Crippen LogP contribution in [0.1, 0.15) is 19.5 Å². The molecule has 0 saturated heterocycles. The second-order valence-electron chi connectivity index (χ2n) is 5.04. The van der Waals surface area contributed by atoms with Gasteiger partial charge in [-0.2, -0.15) is 0 Å². The van der Waals surface area contributed by atoms with E-state index < -0.39 is 0 Å². The van der Waals surface area contributed by atoms with Gasteiger partial charge in [0.1, 0.15) is 11.4 Å². The number of anilines is 1. The predicted octanol–water partition coefficient (Wildman–Crippen LogP) is 1.99. The van der Waals surface area contributed by atoms with E-state index in [-0.39, 0.29) is 23.3 Å². The molecule has 0 aliphatic carbocycles. The lowest BCUT2D eigenvalue weighted by atomic mass is 10.3. The van der Waals surface area contributed by atoms with Crippen molar-refractivity contribution in [3.63, 3.8) is 0 Å². The van der Waals surface area contributed by atoms with E-state index >= 15 is 0 Å². The number of aryl methyl sites for hydroxylation is 1. The molecule has 8 heteroatoms. The molecule has 7 nitrogen and oxygen atoms in total. The van der Waals surface area contributed by atoms with E-state index in [1.165, 1.54) is 0 Å². The van der Waals surface area contributed by atoms with Crippen LogP contribution in [0.3, 0.4) is 0 Å². The van der Waals surface area contributed by atoms with E-state index in [1.807, 2.05) is 26.0 Å². The molecule has 2 N–H and O–H groups in total. The fraction of sp³-hybridized carbons (Fsp3) is 0.333. The zero-order chi connectivity index (χ0) is 16.8. The summed E-state index contributed by atoms with van der Waals surface area (Å²) in [5, 5.41) is 10.6. The van der Waals surface area contributed by atoms with Crippen LogP contribution in [0.5, 0.6) is 5.75 Å². The van der Waals surface area contributed by atoms with Gasteiger partial charge < -0.3 is 10.1 Å². The van der Waals surface area contributed by atoms with E-state index in [9.17, 15) is 9.59 Å². The minimum Gasteiger partial charge on any atom is -0.489 e. The summed E-state index contributed by atoms with van der Waals surface area (Å²) in [5.41, 5.74) is 0.590. The van der Waals surface area contributed by atoms with Crippen LogP contribution in [-0.4, -0.2) is 32.9 Å². The smallest absolute Gasteiger partial charge is 0.273 e. The number of carbonyl (C=O) groups is 1. The number of nitrogens with zero attached hydrogens (tertiary/aromatic N) is 2. The second-order valence-corrected chi connectivity index (χ2v) is 6.01. The molecule has 122 valence electrons. The number of hydrogen-bond donors (Lipinski definition) is 2. The maximum atomic E-state index is 12.0. The van der Waals surface area contributed by atoms with Crippen molar-refractivity contribution in [2.75, 3.05) is 11.1 Å². The molecule has 0 saturated carbocycles.